The summed E-state index contributed by atoms with van der Waals surface area (Å²) in [5.41, 5.74) is 0.685. The highest BCUT2D eigenvalue weighted by Gasteiger charge is 2.63. The number of carbonyl (C=O) groups is 2. The first-order chi connectivity index (χ1) is 10.1. The number of fused-ring (bicyclic) bond motifs is 5. The Morgan fingerprint density at radius 3 is 2.33 bits per heavy atom. The summed E-state index contributed by atoms with van der Waals surface area (Å²) >= 11 is 3.38. The minimum absolute atomic E-state index is 0.0119. The molecule has 4 rings (SSSR count). The Kier molecular flexibility index (Phi) is 2.98. The minimum atomic E-state index is -0.685. The maximum atomic E-state index is 12.8. The molecule has 0 N–H and O–H groups in total. The molecule has 4 atom stereocenters. The van der Waals surface area contributed by atoms with Gasteiger partial charge in [0.05, 0.1) is 31.2 Å². The fraction of sp³-hybridized carbons (Fsp3) is 0.500. The van der Waals surface area contributed by atoms with E-state index in [2.05, 4.69) is 15.9 Å². The van der Waals surface area contributed by atoms with Gasteiger partial charge < -0.3 is 9.47 Å². The predicted molar refractivity (Wildman–Crippen MR) is 78.3 cm³/mol. The number of Topliss-reactive ketones (excluding diaryl/α,β-unsaturated/α-hetero) is 2. The molecule has 2 aliphatic heterocycles. The van der Waals surface area contributed by atoms with Crippen LogP contribution in [0.2, 0.25) is 0 Å². The summed E-state index contributed by atoms with van der Waals surface area (Å²) in [4.78, 5) is 25.5. The summed E-state index contributed by atoms with van der Waals surface area (Å²) in [6.45, 7) is 0. The molecule has 5 heteroatoms. The first-order valence-electron chi connectivity index (χ1n) is 7.18. The summed E-state index contributed by atoms with van der Waals surface area (Å²) in [5, 5.41) is 0. The molecular formula is C16H15BrO4. The van der Waals surface area contributed by atoms with Crippen LogP contribution < -0.4 is 4.74 Å². The Labute approximate surface area is 130 Å². The van der Waals surface area contributed by atoms with E-state index in [-0.39, 0.29) is 35.6 Å². The average Bonchev–Trinajstić information content (AvgIpc) is 3.14. The van der Waals surface area contributed by atoms with Crippen molar-refractivity contribution in [2.45, 2.75) is 31.0 Å². The molecule has 3 aliphatic rings. The van der Waals surface area contributed by atoms with Gasteiger partial charge in [0, 0.05) is 10.0 Å². The molecule has 1 aromatic rings. The first kappa shape index (κ1) is 13.5. The lowest BCUT2D eigenvalue weighted by Gasteiger charge is -2.16. The van der Waals surface area contributed by atoms with E-state index in [0.29, 0.717) is 11.3 Å². The van der Waals surface area contributed by atoms with Crippen molar-refractivity contribution in [1.29, 1.82) is 0 Å². The standard InChI is InChI=1S/C16H15BrO4/c1-20-11-6-7(17)2-3-8(11)12-15(18)13-9-4-5-10(21-9)14(13)16(12)19/h2-3,6,9-10,12-14H,4-5H2,1H3. The van der Waals surface area contributed by atoms with Crippen molar-refractivity contribution in [3.8, 4) is 5.75 Å². The molecule has 0 spiro atoms. The Balaban J connectivity index is 1.77. The number of methoxy groups -OCH3 is 1. The molecule has 1 aromatic carbocycles. The molecule has 3 fully saturated rings. The van der Waals surface area contributed by atoms with E-state index >= 15 is 0 Å². The van der Waals surface area contributed by atoms with Crippen molar-refractivity contribution in [3.05, 3.63) is 28.2 Å². The van der Waals surface area contributed by atoms with Gasteiger partial charge in [-0.2, -0.15) is 0 Å². The third kappa shape index (κ3) is 1.77. The monoisotopic (exact) mass is 350 g/mol. The predicted octanol–water partition coefficient (Wildman–Crippen LogP) is 2.49. The van der Waals surface area contributed by atoms with Crippen molar-refractivity contribution in [3.63, 3.8) is 0 Å². The van der Waals surface area contributed by atoms with E-state index < -0.39 is 5.92 Å². The molecule has 0 aromatic heterocycles. The van der Waals surface area contributed by atoms with Crippen LogP contribution in [0.3, 0.4) is 0 Å². The average molecular weight is 351 g/mol. The second-order valence-corrected chi connectivity index (χ2v) is 6.88. The Hall–Kier alpha value is -1.20. The first-order valence-corrected chi connectivity index (χ1v) is 7.97. The maximum Gasteiger partial charge on any atom is 0.154 e. The molecule has 2 saturated heterocycles. The van der Waals surface area contributed by atoms with Crippen LogP contribution in [0.15, 0.2) is 22.7 Å². The van der Waals surface area contributed by atoms with E-state index in [1.165, 1.54) is 0 Å². The van der Waals surface area contributed by atoms with Crippen LogP contribution in [0.5, 0.6) is 5.75 Å². The molecule has 21 heavy (non-hydrogen) atoms. The molecule has 4 unspecified atom stereocenters. The van der Waals surface area contributed by atoms with Gasteiger partial charge >= 0.3 is 0 Å². The smallest absolute Gasteiger partial charge is 0.154 e. The van der Waals surface area contributed by atoms with E-state index in [1.54, 1.807) is 13.2 Å². The number of ether oxygens (including phenoxy) is 2. The Morgan fingerprint density at radius 2 is 1.76 bits per heavy atom. The van der Waals surface area contributed by atoms with Gasteiger partial charge in [-0.25, -0.2) is 0 Å². The number of hydrogen-bond acceptors (Lipinski definition) is 4. The van der Waals surface area contributed by atoms with Crippen LogP contribution in [0.25, 0.3) is 0 Å². The molecule has 4 nitrogen and oxygen atoms in total. The zero-order valence-corrected chi connectivity index (χ0v) is 13.1. The van der Waals surface area contributed by atoms with E-state index in [1.807, 2.05) is 12.1 Å². The normalized spacial score (nSPS) is 37.1. The molecule has 0 amide bonds. The van der Waals surface area contributed by atoms with Gasteiger partial charge in [-0.3, -0.25) is 9.59 Å². The van der Waals surface area contributed by atoms with Crippen molar-refractivity contribution < 1.29 is 19.1 Å². The van der Waals surface area contributed by atoms with Gasteiger partial charge in [0.25, 0.3) is 0 Å². The summed E-state index contributed by atoms with van der Waals surface area (Å²) in [7, 11) is 1.56. The van der Waals surface area contributed by atoms with Gasteiger partial charge in [0.1, 0.15) is 11.7 Å². The summed E-state index contributed by atoms with van der Waals surface area (Å²) in [6, 6.07) is 5.46. The zero-order chi connectivity index (χ0) is 14.7. The number of ketones is 2. The third-order valence-corrected chi connectivity index (χ3v) is 5.50. The highest BCUT2D eigenvalue weighted by Crippen LogP contribution is 2.53. The second-order valence-electron chi connectivity index (χ2n) is 5.97. The topological polar surface area (TPSA) is 52.6 Å². The van der Waals surface area contributed by atoms with Crippen molar-refractivity contribution in [1.82, 2.24) is 0 Å². The molecule has 2 bridgehead atoms. The highest BCUT2D eigenvalue weighted by molar-refractivity contribution is 9.10. The van der Waals surface area contributed by atoms with E-state index in [9.17, 15) is 9.59 Å². The second kappa shape index (κ2) is 4.65. The molecule has 2 heterocycles. The lowest BCUT2D eigenvalue weighted by molar-refractivity contribution is -0.127. The lowest BCUT2D eigenvalue weighted by Crippen LogP contribution is -2.29. The van der Waals surface area contributed by atoms with Crippen LogP contribution in [0, 0.1) is 11.8 Å². The zero-order valence-electron chi connectivity index (χ0n) is 11.5. The van der Waals surface area contributed by atoms with Gasteiger partial charge in [-0.05, 0) is 25.0 Å². The summed E-state index contributed by atoms with van der Waals surface area (Å²) < 4.78 is 12.0. The van der Waals surface area contributed by atoms with Crippen LogP contribution >= 0.6 is 15.9 Å². The number of hydrogen-bond donors (Lipinski definition) is 0. The summed E-state index contributed by atoms with van der Waals surface area (Å²) in [5.74, 6) is -0.556. The maximum absolute atomic E-state index is 12.8. The largest absolute Gasteiger partial charge is 0.496 e. The Bertz CT molecular complexity index is 613. The molecule has 1 aliphatic carbocycles. The van der Waals surface area contributed by atoms with Crippen LogP contribution in [-0.2, 0) is 14.3 Å². The van der Waals surface area contributed by atoms with Crippen LogP contribution in [0.4, 0.5) is 0 Å². The lowest BCUT2D eigenvalue weighted by atomic mass is 9.81. The molecular weight excluding hydrogens is 336 g/mol. The number of halogens is 1. The van der Waals surface area contributed by atoms with Crippen LogP contribution in [0.1, 0.15) is 24.3 Å². The molecule has 110 valence electrons. The quantitative estimate of drug-likeness (QED) is 0.769. The number of rotatable bonds is 2. The third-order valence-electron chi connectivity index (χ3n) is 5.01. The molecule has 1 saturated carbocycles. The van der Waals surface area contributed by atoms with E-state index in [4.69, 9.17) is 9.47 Å². The fourth-order valence-electron chi connectivity index (χ4n) is 4.16. The van der Waals surface area contributed by atoms with Gasteiger partial charge in [0.15, 0.2) is 11.6 Å². The Morgan fingerprint density at radius 1 is 1.14 bits per heavy atom. The van der Waals surface area contributed by atoms with Gasteiger partial charge in [-0.1, -0.05) is 22.0 Å². The summed E-state index contributed by atoms with van der Waals surface area (Å²) in [6.07, 6.45) is 1.69. The van der Waals surface area contributed by atoms with E-state index in [0.717, 1.165) is 17.3 Å². The number of carbonyl (C=O) groups excluding carboxylic acids is 2. The fourth-order valence-corrected chi connectivity index (χ4v) is 4.50. The van der Waals surface area contributed by atoms with Gasteiger partial charge in [0.2, 0.25) is 0 Å². The van der Waals surface area contributed by atoms with Crippen LogP contribution in [-0.4, -0.2) is 30.9 Å². The van der Waals surface area contributed by atoms with Gasteiger partial charge in [-0.15, -0.1) is 0 Å². The minimum Gasteiger partial charge on any atom is -0.496 e. The highest BCUT2D eigenvalue weighted by atomic mass is 79.9. The van der Waals surface area contributed by atoms with Crippen molar-refractivity contribution in [2.24, 2.45) is 11.8 Å². The van der Waals surface area contributed by atoms with Crippen molar-refractivity contribution in [2.75, 3.05) is 7.11 Å². The SMILES string of the molecule is COc1cc(Br)ccc1C1C(=O)C2C3CCC(O3)C2C1=O. The molecule has 0 radical (unpaired) electrons. The van der Waals surface area contributed by atoms with Crippen molar-refractivity contribution >= 4 is 27.5 Å². The number of benzene rings is 1.